The van der Waals surface area contributed by atoms with E-state index in [1.807, 2.05) is 48.2 Å². The standard InChI is InChI=1S/C22H23N3O4S/c1-14-7-8-18-17(11-14)19(23-15(2)22(26)27)12-21(24-18)25-9-10-30(28,29)20-6-4-3-5-16(20)13-25/h3-8,11-12,15H,9-10,13H2,1-2H3,(H,23,24)(H,26,27). The first kappa shape index (κ1) is 20.2. The Morgan fingerprint density at radius 3 is 2.73 bits per heavy atom. The highest BCUT2D eigenvalue weighted by atomic mass is 32.2. The van der Waals surface area contributed by atoms with Crippen LogP contribution in [0, 0.1) is 6.92 Å². The zero-order valence-electron chi connectivity index (χ0n) is 16.8. The molecule has 2 heterocycles. The number of carbonyl (C=O) groups is 1. The number of hydrogen-bond donors (Lipinski definition) is 2. The third kappa shape index (κ3) is 3.82. The van der Waals surface area contributed by atoms with Crippen LogP contribution in [0.4, 0.5) is 11.5 Å². The first-order valence-corrected chi connectivity index (χ1v) is 11.4. The lowest BCUT2D eigenvalue weighted by Gasteiger charge is -2.24. The molecular formula is C22H23N3O4S. The van der Waals surface area contributed by atoms with E-state index in [4.69, 9.17) is 4.98 Å². The molecule has 8 heteroatoms. The molecule has 0 saturated heterocycles. The highest BCUT2D eigenvalue weighted by Crippen LogP contribution is 2.31. The van der Waals surface area contributed by atoms with E-state index in [0.717, 1.165) is 22.0 Å². The van der Waals surface area contributed by atoms with Crippen molar-refractivity contribution < 1.29 is 18.3 Å². The summed E-state index contributed by atoms with van der Waals surface area (Å²) in [5.74, 6) is -0.353. The Morgan fingerprint density at radius 1 is 1.20 bits per heavy atom. The van der Waals surface area contributed by atoms with Gasteiger partial charge in [-0.25, -0.2) is 13.4 Å². The molecule has 1 aromatic heterocycles. The van der Waals surface area contributed by atoms with Crippen LogP contribution in [0.2, 0.25) is 0 Å². The van der Waals surface area contributed by atoms with Crippen LogP contribution in [0.5, 0.6) is 0 Å². The van der Waals surface area contributed by atoms with Crippen LogP contribution >= 0.6 is 0 Å². The maximum Gasteiger partial charge on any atom is 0.325 e. The summed E-state index contributed by atoms with van der Waals surface area (Å²) < 4.78 is 25.4. The van der Waals surface area contributed by atoms with E-state index in [9.17, 15) is 18.3 Å². The number of nitrogens with one attached hydrogen (secondary N) is 1. The maximum absolute atomic E-state index is 12.7. The van der Waals surface area contributed by atoms with Crippen LogP contribution < -0.4 is 10.2 Å². The predicted octanol–water partition coefficient (Wildman–Crippen LogP) is 3.22. The highest BCUT2D eigenvalue weighted by molar-refractivity contribution is 7.91. The van der Waals surface area contributed by atoms with Crippen molar-refractivity contribution in [2.24, 2.45) is 0 Å². The van der Waals surface area contributed by atoms with Gasteiger partial charge in [-0.15, -0.1) is 0 Å². The molecule has 1 atom stereocenters. The molecule has 3 aromatic rings. The van der Waals surface area contributed by atoms with Gasteiger partial charge >= 0.3 is 5.97 Å². The number of aryl methyl sites for hydroxylation is 1. The molecule has 1 aliphatic heterocycles. The SMILES string of the molecule is Cc1ccc2nc(N3CCS(=O)(=O)c4ccccc4C3)cc(NC(C)C(=O)O)c2c1. The summed E-state index contributed by atoms with van der Waals surface area (Å²) >= 11 is 0. The van der Waals surface area contributed by atoms with Gasteiger partial charge in [-0.2, -0.15) is 0 Å². The Morgan fingerprint density at radius 2 is 1.97 bits per heavy atom. The molecule has 0 radical (unpaired) electrons. The minimum absolute atomic E-state index is 0.00802. The molecule has 156 valence electrons. The number of carboxylic acids is 1. The van der Waals surface area contributed by atoms with E-state index in [-0.39, 0.29) is 5.75 Å². The van der Waals surface area contributed by atoms with Crippen LogP contribution in [0.1, 0.15) is 18.1 Å². The fourth-order valence-electron chi connectivity index (χ4n) is 3.66. The normalized spacial score (nSPS) is 16.5. The molecule has 0 fully saturated rings. The highest BCUT2D eigenvalue weighted by Gasteiger charge is 2.26. The molecule has 4 rings (SSSR count). The summed E-state index contributed by atoms with van der Waals surface area (Å²) in [4.78, 5) is 18.4. The second-order valence-electron chi connectivity index (χ2n) is 7.60. The number of sulfone groups is 1. The molecule has 0 bridgehead atoms. The Labute approximate surface area is 175 Å². The van der Waals surface area contributed by atoms with Crippen LogP contribution in [-0.2, 0) is 21.2 Å². The van der Waals surface area contributed by atoms with Crippen molar-refractivity contribution in [2.45, 2.75) is 31.3 Å². The monoisotopic (exact) mass is 425 g/mol. The Kier molecular flexibility index (Phi) is 5.11. The van der Waals surface area contributed by atoms with Gasteiger partial charge in [0.05, 0.1) is 16.2 Å². The third-order valence-corrected chi connectivity index (χ3v) is 7.10. The number of carboxylic acid groups (broad SMARTS) is 1. The molecule has 1 aliphatic rings. The average Bonchev–Trinajstić information content (AvgIpc) is 2.84. The van der Waals surface area contributed by atoms with Gasteiger partial charge in [-0.05, 0) is 37.6 Å². The predicted molar refractivity (Wildman–Crippen MR) is 117 cm³/mol. The number of nitrogens with zero attached hydrogens (tertiary/aromatic N) is 2. The first-order chi connectivity index (χ1) is 14.2. The molecule has 0 saturated carbocycles. The number of rotatable bonds is 4. The summed E-state index contributed by atoms with van der Waals surface area (Å²) in [5.41, 5.74) is 3.15. The van der Waals surface area contributed by atoms with E-state index in [0.29, 0.717) is 29.5 Å². The summed E-state index contributed by atoms with van der Waals surface area (Å²) in [6.45, 7) is 4.26. The Balaban J connectivity index is 1.81. The van der Waals surface area contributed by atoms with Crippen molar-refractivity contribution in [1.29, 1.82) is 0 Å². The van der Waals surface area contributed by atoms with Gasteiger partial charge in [-0.1, -0.05) is 29.8 Å². The second-order valence-corrected chi connectivity index (χ2v) is 9.68. The van der Waals surface area contributed by atoms with E-state index in [2.05, 4.69) is 5.32 Å². The van der Waals surface area contributed by atoms with Gasteiger partial charge in [0, 0.05) is 30.2 Å². The van der Waals surface area contributed by atoms with Crippen LogP contribution in [0.3, 0.4) is 0 Å². The van der Waals surface area contributed by atoms with Gasteiger partial charge < -0.3 is 15.3 Å². The number of fused-ring (bicyclic) bond motifs is 2. The summed E-state index contributed by atoms with van der Waals surface area (Å²) in [7, 11) is -3.37. The number of aliphatic carboxylic acids is 1. The van der Waals surface area contributed by atoms with E-state index in [1.54, 1.807) is 19.1 Å². The lowest BCUT2D eigenvalue weighted by Crippen LogP contribution is -2.28. The molecule has 1 unspecified atom stereocenters. The fraction of sp³-hybridized carbons (Fsp3) is 0.273. The molecule has 0 amide bonds. The number of aromatic nitrogens is 1. The fourth-order valence-corrected chi connectivity index (χ4v) is 5.16. The number of hydrogen-bond acceptors (Lipinski definition) is 6. The van der Waals surface area contributed by atoms with Gasteiger partial charge in [0.15, 0.2) is 9.84 Å². The molecular weight excluding hydrogens is 402 g/mol. The smallest absolute Gasteiger partial charge is 0.325 e. The van der Waals surface area contributed by atoms with Gasteiger partial charge in [0.2, 0.25) is 0 Å². The third-order valence-electron chi connectivity index (χ3n) is 5.32. The summed E-state index contributed by atoms with van der Waals surface area (Å²) in [6, 6.07) is 13.9. The minimum Gasteiger partial charge on any atom is -0.480 e. The minimum atomic E-state index is -3.37. The van der Waals surface area contributed by atoms with Gasteiger partial charge in [0.25, 0.3) is 0 Å². The van der Waals surface area contributed by atoms with Crippen molar-refractivity contribution in [3.05, 3.63) is 59.7 Å². The molecule has 0 spiro atoms. The van der Waals surface area contributed by atoms with E-state index < -0.39 is 21.8 Å². The van der Waals surface area contributed by atoms with Crippen LogP contribution in [0.15, 0.2) is 53.4 Å². The zero-order valence-corrected chi connectivity index (χ0v) is 17.6. The van der Waals surface area contributed by atoms with Crippen molar-refractivity contribution in [2.75, 3.05) is 22.5 Å². The van der Waals surface area contributed by atoms with Crippen LogP contribution in [-0.4, -0.2) is 42.8 Å². The van der Waals surface area contributed by atoms with Gasteiger partial charge in [-0.3, -0.25) is 4.79 Å². The molecule has 2 N–H and O–H groups in total. The molecule has 7 nitrogen and oxygen atoms in total. The maximum atomic E-state index is 12.7. The quantitative estimate of drug-likeness (QED) is 0.662. The van der Waals surface area contributed by atoms with Crippen molar-refractivity contribution in [3.8, 4) is 0 Å². The first-order valence-electron chi connectivity index (χ1n) is 9.71. The largest absolute Gasteiger partial charge is 0.480 e. The zero-order chi connectivity index (χ0) is 21.5. The number of pyridine rings is 1. The molecule has 2 aromatic carbocycles. The lowest BCUT2D eigenvalue weighted by atomic mass is 10.1. The number of anilines is 2. The molecule has 0 aliphatic carbocycles. The average molecular weight is 426 g/mol. The van der Waals surface area contributed by atoms with Crippen molar-refractivity contribution in [1.82, 2.24) is 4.98 Å². The summed E-state index contributed by atoms with van der Waals surface area (Å²) in [5, 5.41) is 13.2. The summed E-state index contributed by atoms with van der Waals surface area (Å²) in [6.07, 6.45) is 0. The lowest BCUT2D eigenvalue weighted by molar-refractivity contribution is -0.137. The van der Waals surface area contributed by atoms with E-state index in [1.165, 1.54) is 0 Å². The Hall–Kier alpha value is -3.13. The topological polar surface area (TPSA) is 99.6 Å². The van der Waals surface area contributed by atoms with E-state index >= 15 is 0 Å². The molecule has 30 heavy (non-hydrogen) atoms. The van der Waals surface area contributed by atoms with Gasteiger partial charge in [0.1, 0.15) is 11.9 Å². The number of benzene rings is 2. The van der Waals surface area contributed by atoms with Crippen molar-refractivity contribution in [3.63, 3.8) is 0 Å². The van der Waals surface area contributed by atoms with Crippen molar-refractivity contribution >= 4 is 38.2 Å². The second kappa shape index (κ2) is 7.60. The van der Waals surface area contributed by atoms with Crippen LogP contribution in [0.25, 0.3) is 10.9 Å². The Bertz CT molecular complexity index is 1240.